The van der Waals surface area contributed by atoms with E-state index in [4.69, 9.17) is 4.74 Å². The lowest BCUT2D eigenvalue weighted by molar-refractivity contribution is 0.340. The van der Waals surface area contributed by atoms with Crippen molar-refractivity contribution in [1.29, 1.82) is 0 Å². The lowest BCUT2D eigenvalue weighted by Gasteiger charge is -2.20. The first-order valence-corrected chi connectivity index (χ1v) is 7.18. The van der Waals surface area contributed by atoms with E-state index in [-0.39, 0.29) is 6.04 Å². The van der Waals surface area contributed by atoms with Gasteiger partial charge in [0.1, 0.15) is 11.6 Å². The number of nitrogens with one attached hydrogen (secondary N) is 1. The van der Waals surface area contributed by atoms with Crippen LogP contribution in [0, 0.1) is 6.92 Å². The largest absolute Gasteiger partial charge is 0.494 e. The predicted molar refractivity (Wildman–Crippen MR) is 81.0 cm³/mol. The Morgan fingerprint density at radius 3 is 2.55 bits per heavy atom. The van der Waals surface area contributed by atoms with Crippen molar-refractivity contribution in [2.75, 3.05) is 13.2 Å². The van der Waals surface area contributed by atoms with E-state index in [2.05, 4.69) is 33.9 Å². The van der Waals surface area contributed by atoms with E-state index in [0.29, 0.717) is 6.61 Å². The molecule has 0 aliphatic heterocycles. The molecule has 1 aromatic carbocycles. The molecule has 0 aliphatic rings. The van der Waals surface area contributed by atoms with Gasteiger partial charge in [0, 0.05) is 18.9 Å². The minimum absolute atomic E-state index is 0.281. The number of aryl methyl sites for hydroxylation is 1. The normalized spacial score (nSPS) is 12.3. The smallest absolute Gasteiger partial charge is 0.119 e. The zero-order valence-corrected chi connectivity index (χ0v) is 12.5. The lowest BCUT2D eigenvalue weighted by Crippen LogP contribution is -2.25. The Labute approximate surface area is 120 Å². The van der Waals surface area contributed by atoms with Gasteiger partial charge in [0.2, 0.25) is 0 Å². The molecule has 1 aromatic heterocycles. The molecule has 0 radical (unpaired) electrons. The van der Waals surface area contributed by atoms with Crippen LogP contribution in [-0.2, 0) is 6.54 Å². The van der Waals surface area contributed by atoms with E-state index in [9.17, 15) is 0 Å². The van der Waals surface area contributed by atoms with Crippen molar-refractivity contribution < 1.29 is 4.74 Å². The highest BCUT2D eigenvalue weighted by Gasteiger charge is 2.12. The standard InChI is InChI=1S/C16H23N3O/c1-4-17-16(12-19-11-10-18-13(19)3)14-6-8-15(9-7-14)20-5-2/h6-11,16-17H,4-5,12H2,1-3H3. The summed E-state index contributed by atoms with van der Waals surface area (Å²) in [5.74, 6) is 1.96. The molecule has 0 saturated heterocycles. The molecule has 4 nitrogen and oxygen atoms in total. The van der Waals surface area contributed by atoms with Gasteiger partial charge in [-0.2, -0.15) is 0 Å². The van der Waals surface area contributed by atoms with Crippen LogP contribution in [0.4, 0.5) is 0 Å². The molecule has 108 valence electrons. The van der Waals surface area contributed by atoms with E-state index in [1.165, 1.54) is 5.56 Å². The van der Waals surface area contributed by atoms with E-state index < -0.39 is 0 Å². The summed E-state index contributed by atoms with van der Waals surface area (Å²) in [4.78, 5) is 4.28. The van der Waals surface area contributed by atoms with Crippen LogP contribution in [0.2, 0.25) is 0 Å². The summed E-state index contributed by atoms with van der Waals surface area (Å²) in [5.41, 5.74) is 1.27. The number of ether oxygens (including phenoxy) is 1. The number of aromatic nitrogens is 2. The van der Waals surface area contributed by atoms with Crippen LogP contribution >= 0.6 is 0 Å². The van der Waals surface area contributed by atoms with Gasteiger partial charge in [-0.25, -0.2) is 4.98 Å². The Bertz CT molecular complexity index is 519. The van der Waals surface area contributed by atoms with Gasteiger partial charge in [-0.1, -0.05) is 19.1 Å². The lowest BCUT2D eigenvalue weighted by atomic mass is 10.1. The topological polar surface area (TPSA) is 39.1 Å². The second kappa shape index (κ2) is 7.10. The molecule has 0 spiro atoms. The number of rotatable bonds is 7. The number of likely N-dealkylation sites (N-methyl/N-ethyl adjacent to an activating group) is 1. The van der Waals surface area contributed by atoms with Crippen LogP contribution in [0.3, 0.4) is 0 Å². The maximum atomic E-state index is 5.49. The molecular weight excluding hydrogens is 250 g/mol. The van der Waals surface area contributed by atoms with Gasteiger partial charge in [-0.3, -0.25) is 0 Å². The van der Waals surface area contributed by atoms with Crippen molar-refractivity contribution in [2.24, 2.45) is 0 Å². The van der Waals surface area contributed by atoms with Crippen molar-refractivity contribution in [2.45, 2.75) is 33.4 Å². The Kier molecular flexibility index (Phi) is 5.18. The second-order valence-electron chi connectivity index (χ2n) is 4.74. The Hall–Kier alpha value is -1.81. The van der Waals surface area contributed by atoms with E-state index >= 15 is 0 Å². The predicted octanol–water partition coefficient (Wildman–Crippen LogP) is 2.94. The third kappa shape index (κ3) is 3.61. The van der Waals surface area contributed by atoms with E-state index in [0.717, 1.165) is 24.7 Å². The van der Waals surface area contributed by atoms with Gasteiger partial charge in [0.25, 0.3) is 0 Å². The Morgan fingerprint density at radius 1 is 1.25 bits per heavy atom. The molecule has 2 aromatic rings. The van der Waals surface area contributed by atoms with Gasteiger partial charge in [-0.05, 0) is 38.1 Å². The highest BCUT2D eigenvalue weighted by molar-refractivity contribution is 5.29. The summed E-state index contributed by atoms with van der Waals surface area (Å²) < 4.78 is 7.66. The summed E-state index contributed by atoms with van der Waals surface area (Å²) in [7, 11) is 0. The Balaban J connectivity index is 2.13. The first-order valence-electron chi connectivity index (χ1n) is 7.18. The fourth-order valence-electron chi connectivity index (χ4n) is 2.29. The average Bonchev–Trinajstić information content (AvgIpc) is 2.85. The molecule has 0 fully saturated rings. The maximum Gasteiger partial charge on any atom is 0.119 e. The molecule has 0 saturated carbocycles. The van der Waals surface area contributed by atoms with Crippen LogP contribution < -0.4 is 10.1 Å². The zero-order chi connectivity index (χ0) is 14.4. The SMILES string of the molecule is CCNC(Cn1ccnc1C)c1ccc(OCC)cc1. The molecule has 1 unspecified atom stereocenters. The third-order valence-electron chi connectivity index (χ3n) is 3.35. The first-order chi connectivity index (χ1) is 9.74. The molecule has 0 amide bonds. The number of hydrogen-bond acceptors (Lipinski definition) is 3. The Morgan fingerprint density at radius 2 is 2.00 bits per heavy atom. The van der Waals surface area contributed by atoms with Crippen LogP contribution in [0.5, 0.6) is 5.75 Å². The van der Waals surface area contributed by atoms with Gasteiger partial charge in [0.05, 0.1) is 12.6 Å². The molecule has 4 heteroatoms. The molecular formula is C16H23N3O. The van der Waals surface area contributed by atoms with Crippen molar-refractivity contribution in [1.82, 2.24) is 14.9 Å². The average molecular weight is 273 g/mol. The summed E-state index contributed by atoms with van der Waals surface area (Å²) in [6.07, 6.45) is 3.87. The summed E-state index contributed by atoms with van der Waals surface area (Å²) >= 11 is 0. The summed E-state index contributed by atoms with van der Waals surface area (Å²) in [5, 5.41) is 3.53. The van der Waals surface area contributed by atoms with Crippen molar-refractivity contribution in [3.8, 4) is 5.75 Å². The van der Waals surface area contributed by atoms with Crippen LogP contribution in [0.1, 0.15) is 31.3 Å². The van der Waals surface area contributed by atoms with E-state index in [1.807, 2.05) is 38.4 Å². The number of nitrogens with zero attached hydrogens (tertiary/aromatic N) is 2. The summed E-state index contributed by atoms with van der Waals surface area (Å²) in [6.45, 7) is 8.67. The molecule has 1 atom stereocenters. The number of benzene rings is 1. The number of imidazole rings is 1. The van der Waals surface area contributed by atoms with Crippen LogP contribution in [0.15, 0.2) is 36.7 Å². The molecule has 0 aliphatic carbocycles. The van der Waals surface area contributed by atoms with Crippen LogP contribution in [0.25, 0.3) is 0 Å². The molecule has 1 N–H and O–H groups in total. The van der Waals surface area contributed by atoms with Gasteiger partial charge in [0.15, 0.2) is 0 Å². The van der Waals surface area contributed by atoms with Crippen molar-refractivity contribution in [3.05, 3.63) is 48.0 Å². The van der Waals surface area contributed by atoms with Gasteiger partial charge >= 0.3 is 0 Å². The minimum atomic E-state index is 0.281. The fraction of sp³-hybridized carbons (Fsp3) is 0.438. The maximum absolute atomic E-state index is 5.49. The van der Waals surface area contributed by atoms with E-state index in [1.54, 1.807) is 0 Å². The fourth-order valence-corrected chi connectivity index (χ4v) is 2.29. The monoisotopic (exact) mass is 273 g/mol. The molecule has 1 heterocycles. The summed E-state index contributed by atoms with van der Waals surface area (Å²) in [6, 6.07) is 8.60. The van der Waals surface area contributed by atoms with Gasteiger partial charge < -0.3 is 14.6 Å². The van der Waals surface area contributed by atoms with Crippen molar-refractivity contribution in [3.63, 3.8) is 0 Å². The molecule has 2 rings (SSSR count). The zero-order valence-electron chi connectivity index (χ0n) is 12.5. The third-order valence-corrected chi connectivity index (χ3v) is 3.35. The minimum Gasteiger partial charge on any atom is -0.494 e. The van der Waals surface area contributed by atoms with Gasteiger partial charge in [-0.15, -0.1) is 0 Å². The molecule has 0 bridgehead atoms. The van der Waals surface area contributed by atoms with Crippen LogP contribution in [-0.4, -0.2) is 22.7 Å². The highest BCUT2D eigenvalue weighted by Crippen LogP contribution is 2.20. The molecule has 20 heavy (non-hydrogen) atoms. The highest BCUT2D eigenvalue weighted by atomic mass is 16.5. The quantitative estimate of drug-likeness (QED) is 0.843. The second-order valence-corrected chi connectivity index (χ2v) is 4.74. The van der Waals surface area contributed by atoms with Crippen molar-refractivity contribution >= 4 is 0 Å². The number of hydrogen-bond donors (Lipinski definition) is 1. The first kappa shape index (κ1) is 14.6.